The third-order valence-corrected chi connectivity index (χ3v) is 6.14. The molecule has 1 aliphatic heterocycles. The molecule has 3 atom stereocenters. The quantitative estimate of drug-likeness (QED) is 0.896. The molecular weight excluding hydrogens is 286 g/mol. The van der Waals surface area contributed by atoms with Crippen LogP contribution in [0.5, 0.6) is 0 Å². The Morgan fingerprint density at radius 3 is 2.90 bits per heavy atom. The van der Waals surface area contributed by atoms with Crippen LogP contribution < -0.4 is 5.32 Å². The Kier molecular flexibility index (Phi) is 3.40. The number of halogens is 1. The van der Waals surface area contributed by atoms with Crippen molar-refractivity contribution in [1.29, 1.82) is 0 Å². The molecule has 4 heteroatoms. The molecule has 3 aliphatic rings. The van der Waals surface area contributed by atoms with Crippen LogP contribution >= 0.6 is 11.6 Å². The number of fused-ring (bicyclic) bond motifs is 2. The van der Waals surface area contributed by atoms with Crippen LogP contribution in [0.2, 0.25) is 5.02 Å². The van der Waals surface area contributed by atoms with Crippen molar-refractivity contribution >= 4 is 17.3 Å². The summed E-state index contributed by atoms with van der Waals surface area (Å²) in [7, 11) is 0. The van der Waals surface area contributed by atoms with Crippen LogP contribution in [-0.2, 0) is 11.3 Å². The SMILES string of the molecule is OCc1ccc(Cl)c(NC2C3CCOC3C23CCCC3)c1. The molecule has 2 saturated carbocycles. The summed E-state index contributed by atoms with van der Waals surface area (Å²) < 4.78 is 6.02. The first-order valence-corrected chi connectivity index (χ1v) is 8.40. The fraction of sp³-hybridized carbons (Fsp3) is 0.647. The molecule has 3 unspecified atom stereocenters. The highest BCUT2D eigenvalue weighted by molar-refractivity contribution is 6.33. The minimum absolute atomic E-state index is 0.0524. The number of hydrogen-bond acceptors (Lipinski definition) is 3. The predicted molar refractivity (Wildman–Crippen MR) is 83.5 cm³/mol. The fourth-order valence-electron chi connectivity index (χ4n) is 4.85. The van der Waals surface area contributed by atoms with Crippen molar-refractivity contribution in [3.63, 3.8) is 0 Å². The van der Waals surface area contributed by atoms with E-state index in [9.17, 15) is 5.11 Å². The molecule has 1 saturated heterocycles. The molecule has 3 nitrogen and oxygen atoms in total. The maximum Gasteiger partial charge on any atom is 0.0699 e. The minimum atomic E-state index is 0.0524. The van der Waals surface area contributed by atoms with E-state index in [1.54, 1.807) is 0 Å². The third kappa shape index (κ3) is 2.01. The number of nitrogens with one attached hydrogen (secondary N) is 1. The van der Waals surface area contributed by atoms with E-state index in [-0.39, 0.29) is 6.61 Å². The molecule has 1 spiro atoms. The first-order chi connectivity index (χ1) is 10.2. The summed E-state index contributed by atoms with van der Waals surface area (Å²) in [6.45, 7) is 0.955. The van der Waals surface area contributed by atoms with Crippen LogP contribution in [-0.4, -0.2) is 23.9 Å². The van der Waals surface area contributed by atoms with Crippen molar-refractivity contribution in [2.24, 2.45) is 11.3 Å². The lowest BCUT2D eigenvalue weighted by atomic mass is 9.54. The maximum atomic E-state index is 9.32. The monoisotopic (exact) mass is 307 g/mol. The average Bonchev–Trinajstić information content (AvgIpc) is 3.14. The van der Waals surface area contributed by atoms with Gasteiger partial charge < -0.3 is 15.2 Å². The standard InChI is InChI=1S/C17H22ClNO2/c18-13-4-3-11(10-20)9-14(13)19-15-12-5-8-21-16(12)17(15)6-1-2-7-17/h3-4,9,12,15-16,19-20H,1-2,5-8,10H2. The van der Waals surface area contributed by atoms with Gasteiger partial charge >= 0.3 is 0 Å². The van der Waals surface area contributed by atoms with Crippen LogP contribution in [0.15, 0.2) is 18.2 Å². The second-order valence-corrected chi connectivity index (χ2v) is 7.19. The summed E-state index contributed by atoms with van der Waals surface area (Å²) in [6, 6.07) is 6.20. The molecule has 1 aromatic rings. The zero-order chi connectivity index (χ0) is 14.4. The molecule has 21 heavy (non-hydrogen) atoms. The lowest BCUT2D eigenvalue weighted by molar-refractivity contribution is -0.111. The molecule has 0 aromatic heterocycles. The predicted octanol–water partition coefficient (Wildman–Crippen LogP) is 3.59. The van der Waals surface area contributed by atoms with E-state index < -0.39 is 0 Å². The van der Waals surface area contributed by atoms with Gasteiger partial charge in [-0.05, 0) is 37.0 Å². The molecule has 1 aromatic carbocycles. The Morgan fingerprint density at radius 1 is 1.33 bits per heavy atom. The molecular formula is C17H22ClNO2. The van der Waals surface area contributed by atoms with E-state index >= 15 is 0 Å². The Balaban J connectivity index is 1.61. The van der Waals surface area contributed by atoms with Gasteiger partial charge in [-0.25, -0.2) is 0 Å². The number of ether oxygens (including phenoxy) is 1. The van der Waals surface area contributed by atoms with Crippen LogP contribution in [0.4, 0.5) is 5.69 Å². The van der Waals surface area contributed by atoms with Gasteiger partial charge in [0.05, 0.1) is 23.4 Å². The molecule has 4 rings (SSSR count). The molecule has 0 radical (unpaired) electrons. The zero-order valence-corrected chi connectivity index (χ0v) is 12.9. The number of rotatable bonds is 3. The van der Waals surface area contributed by atoms with Crippen LogP contribution in [0, 0.1) is 11.3 Å². The Bertz CT molecular complexity index is 542. The van der Waals surface area contributed by atoms with Crippen molar-refractivity contribution in [2.45, 2.75) is 50.9 Å². The minimum Gasteiger partial charge on any atom is -0.392 e. The van der Waals surface area contributed by atoms with Crippen molar-refractivity contribution in [2.75, 3.05) is 11.9 Å². The topological polar surface area (TPSA) is 41.5 Å². The molecule has 0 amide bonds. The number of anilines is 1. The van der Waals surface area contributed by atoms with Gasteiger partial charge in [0.2, 0.25) is 0 Å². The summed E-state index contributed by atoms with van der Waals surface area (Å²) >= 11 is 6.34. The van der Waals surface area contributed by atoms with Crippen molar-refractivity contribution in [3.05, 3.63) is 28.8 Å². The molecule has 114 valence electrons. The van der Waals surface area contributed by atoms with Crippen molar-refractivity contribution < 1.29 is 9.84 Å². The van der Waals surface area contributed by atoms with Gasteiger partial charge in [0.15, 0.2) is 0 Å². The van der Waals surface area contributed by atoms with E-state index in [2.05, 4.69) is 5.32 Å². The van der Waals surface area contributed by atoms with Crippen molar-refractivity contribution in [1.82, 2.24) is 0 Å². The molecule has 2 aliphatic carbocycles. The maximum absolute atomic E-state index is 9.32. The highest BCUT2D eigenvalue weighted by Gasteiger charge is 2.64. The highest BCUT2D eigenvalue weighted by Crippen LogP contribution is 2.61. The highest BCUT2D eigenvalue weighted by atomic mass is 35.5. The molecule has 0 bridgehead atoms. The number of hydrogen-bond donors (Lipinski definition) is 2. The summed E-state index contributed by atoms with van der Waals surface area (Å²) in [6.07, 6.45) is 6.77. The zero-order valence-electron chi connectivity index (χ0n) is 12.1. The van der Waals surface area contributed by atoms with E-state index in [0.29, 0.717) is 23.5 Å². The van der Waals surface area contributed by atoms with E-state index in [1.165, 1.54) is 25.7 Å². The van der Waals surface area contributed by atoms with Crippen LogP contribution in [0.3, 0.4) is 0 Å². The van der Waals surface area contributed by atoms with Crippen molar-refractivity contribution in [3.8, 4) is 0 Å². The van der Waals surface area contributed by atoms with Gasteiger partial charge in [0.25, 0.3) is 0 Å². The van der Waals surface area contributed by atoms with E-state index in [4.69, 9.17) is 16.3 Å². The Morgan fingerprint density at radius 2 is 2.14 bits per heavy atom. The first kappa shape index (κ1) is 13.9. The second-order valence-electron chi connectivity index (χ2n) is 6.78. The van der Waals surface area contributed by atoms with E-state index in [0.717, 1.165) is 29.3 Å². The summed E-state index contributed by atoms with van der Waals surface area (Å²) in [5.41, 5.74) is 2.19. The summed E-state index contributed by atoms with van der Waals surface area (Å²) in [5, 5.41) is 13.8. The molecule has 2 N–H and O–H groups in total. The third-order valence-electron chi connectivity index (χ3n) is 5.81. The Hall–Kier alpha value is -0.770. The molecule has 3 fully saturated rings. The normalized spacial score (nSPS) is 33.0. The average molecular weight is 308 g/mol. The largest absolute Gasteiger partial charge is 0.392 e. The Labute approximate surface area is 130 Å². The van der Waals surface area contributed by atoms with Gasteiger partial charge in [0.1, 0.15) is 0 Å². The fourth-order valence-corrected chi connectivity index (χ4v) is 5.03. The first-order valence-electron chi connectivity index (χ1n) is 8.02. The number of benzene rings is 1. The van der Waals surface area contributed by atoms with Gasteiger partial charge in [-0.1, -0.05) is 30.5 Å². The van der Waals surface area contributed by atoms with Crippen LogP contribution in [0.1, 0.15) is 37.7 Å². The lowest BCUT2D eigenvalue weighted by Crippen LogP contribution is -2.64. The number of aliphatic hydroxyl groups is 1. The van der Waals surface area contributed by atoms with Gasteiger partial charge in [-0.2, -0.15) is 0 Å². The smallest absolute Gasteiger partial charge is 0.0699 e. The molecule has 1 heterocycles. The number of aliphatic hydroxyl groups excluding tert-OH is 1. The van der Waals surface area contributed by atoms with Gasteiger partial charge in [0, 0.05) is 24.0 Å². The van der Waals surface area contributed by atoms with E-state index in [1.807, 2.05) is 18.2 Å². The van der Waals surface area contributed by atoms with Gasteiger partial charge in [-0.3, -0.25) is 0 Å². The summed E-state index contributed by atoms with van der Waals surface area (Å²) in [4.78, 5) is 0. The second kappa shape index (κ2) is 5.15. The van der Waals surface area contributed by atoms with Crippen LogP contribution in [0.25, 0.3) is 0 Å². The van der Waals surface area contributed by atoms with Gasteiger partial charge in [-0.15, -0.1) is 0 Å². The lowest BCUT2D eigenvalue weighted by Gasteiger charge is -2.57. The summed E-state index contributed by atoms with van der Waals surface area (Å²) in [5.74, 6) is 0.622.